The lowest BCUT2D eigenvalue weighted by molar-refractivity contribution is 0.0735. The number of benzene rings is 1. The highest BCUT2D eigenvalue weighted by molar-refractivity contribution is 5.96. The monoisotopic (exact) mass is 543 g/mol. The quantitative estimate of drug-likeness (QED) is 0.171. The van der Waals surface area contributed by atoms with E-state index in [1.54, 1.807) is 24.5 Å². The van der Waals surface area contributed by atoms with Crippen molar-refractivity contribution in [2.75, 3.05) is 28.2 Å². The third kappa shape index (κ3) is 5.80. The van der Waals surface area contributed by atoms with Gasteiger partial charge in [-0.1, -0.05) is 26.8 Å². The summed E-state index contributed by atoms with van der Waals surface area (Å²) in [6, 6.07) is 9.68. The fourth-order valence-electron chi connectivity index (χ4n) is 4.41. The fraction of sp³-hybridized carbons (Fsp3) is 0.400. The van der Waals surface area contributed by atoms with Gasteiger partial charge in [-0.3, -0.25) is 4.90 Å². The van der Waals surface area contributed by atoms with Gasteiger partial charge in [0.25, 0.3) is 0 Å². The maximum atomic E-state index is 13.6. The summed E-state index contributed by atoms with van der Waals surface area (Å²) in [5.41, 5.74) is 1.87. The summed E-state index contributed by atoms with van der Waals surface area (Å²) < 4.78 is 12.2. The molecular weight excluding hydrogens is 506 g/mol. The molecule has 5 rings (SSSR count). The van der Waals surface area contributed by atoms with Crippen LogP contribution in [0, 0.1) is 6.92 Å². The summed E-state index contributed by atoms with van der Waals surface area (Å²) in [5.74, 6) is 3.15. The smallest absolute Gasteiger partial charge is 0.349 e. The SMILES string of the molecule is CCN(CC)c1oc(C(C)(C)C)cc1C(=O)Oc1ccc(C)c(N(c2cc(NC3CC3)ncn2)c2ncc[nH]2)c1. The average Bonchev–Trinajstić information content (AvgIpc) is 3.36. The maximum absolute atomic E-state index is 13.6. The molecule has 0 saturated heterocycles. The zero-order chi connectivity index (χ0) is 28.4. The number of nitrogens with zero attached hydrogens (tertiary/aromatic N) is 5. The Kier molecular flexibility index (Phi) is 7.51. The lowest BCUT2D eigenvalue weighted by Crippen LogP contribution is -2.24. The molecule has 0 atom stereocenters. The Bertz CT molecular complexity index is 1460. The van der Waals surface area contributed by atoms with Gasteiger partial charge in [0, 0.05) is 49.1 Å². The topological polar surface area (TPSA) is 112 Å². The molecule has 0 spiro atoms. The first-order chi connectivity index (χ1) is 19.2. The number of ether oxygens (including phenoxy) is 1. The second kappa shape index (κ2) is 11.0. The highest BCUT2D eigenvalue weighted by Gasteiger charge is 2.29. The zero-order valence-corrected chi connectivity index (χ0v) is 24.0. The molecule has 0 bridgehead atoms. The number of imidazole rings is 1. The normalized spacial score (nSPS) is 13.2. The van der Waals surface area contributed by atoms with E-state index >= 15 is 0 Å². The van der Waals surface area contributed by atoms with Crippen LogP contribution in [0.5, 0.6) is 5.75 Å². The molecule has 1 aliphatic rings. The first-order valence-corrected chi connectivity index (χ1v) is 13.8. The Labute approximate surface area is 234 Å². The van der Waals surface area contributed by atoms with Gasteiger partial charge in [-0.05, 0) is 51.3 Å². The Morgan fingerprint density at radius 3 is 2.55 bits per heavy atom. The molecule has 1 aliphatic carbocycles. The second-order valence-electron chi connectivity index (χ2n) is 11.0. The molecule has 0 radical (unpaired) electrons. The summed E-state index contributed by atoms with van der Waals surface area (Å²) in [6.45, 7) is 13.6. The van der Waals surface area contributed by atoms with E-state index in [1.807, 2.05) is 48.8 Å². The van der Waals surface area contributed by atoms with Crippen LogP contribution in [0.15, 0.2) is 53.5 Å². The number of esters is 1. The summed E-state index contributed by atoms with van der Waals surface area (Å²) in [6.07, 6.45) is 7.25. The minimum atomic E-state index is -0.474. The minimum absolute atomic E-state index is 0.258. The van der Waals surface area contributed by atoms with E-state index in [0.29, 0.717) is 48.1 Å². The molecule has 210 valence electrons. The number of aromatic nitrogens is 4. The van der Waals surface area contributed by atoms with Crippen molar-refractivity contribution in [3.63, 3.8) is 0 Å². The average molecular weight is 544 g/mol. The van der Waals surface area contributed by atoms with Crippen LogP contribution in [0.1, 0.15) is 69.1 Å². The van der Waals surface area contributed by atoms with E-state index in [2.05, 4.69) is 46.0 Å². The van der Waals surface area contributed by atoms with Crippen LogP contribution < -0.4 is 19.9 Å². The minimum Gasteiger partial charge on any atom is -0.444 e. The van der Waals surface area contributed by atoms with Crippen LogP contribution in [0.25, 0.3) is 0 Å². The molecule has 2 N–H and O–H groups in total. The predicted octanol–water partition coefficient (Wildman–Crippen LogP) is 6.51. The molecule has 4 aromatic rings. The summed E-state index contributed by atoms with van der Waals surface area (Å²) in [7, 11) is 0. The van der Waals surface area contributed by atoms with E-state index in [1.165, 1.54) is 6.33 Å². The standard InChI is InChI=1S/C30H37N7O3/c1-7-36(8-2)27-22(16-24(40-27)30(4,5)6)28(38)39-21-12-9-19(3)23(15-21)37(29-31-13-14-32-29)26-17-25(33-18-34-26)35-20-10-11-20/h9,12-18,20H,7-8,10-11H2,1-6H3,(H,31,32)(H,33,34,35). The highest BCUT2D eigenvalue weighted by atomic mass is 16.5. The largest absolute Gasteiger partial charge is 0.444 e. The number of H-pyrrole nitrogens is 1. The third-order valence-corrected chi connectivity index (χ3v) is 6.86. The Balaban J connectivity index is 1.50. The van der Waals surface area contributed by atoms with Crippen LogP contribution in [0.2, 0.25) is 0 Å². The van der Waals surface area contributed by atoms with Crippen molar-refractivity contribution in [2.45, 2.75) is 65.8 Å². The summed E-state index contributed by atoms with van der Waals surface area (Å²) in [4.78, 5) is 34.1. The van der Waals surface area contributed by atoms with Gasteiger partial charge in [0.1, 0.15) is 35.0 Å². The van der Waals surface area contributed by atoms with Crippen molar-refractivity contribution in [3.8, 4) is 5.75 Å². The van der Waals surface area contributed by atoms with E-state index < -0.39 is 5.97 Å². The molecule has 1 fully saturated rings. The van der Waals surface area contributed by atoms with Gasteiger partial charge in [-0.2, -0.15) is 0 Å². The first kappa shape index (κ1) is 27.2. The van der Waals surface area contributed by atoms with Gasteiger partial charge >= 0.3 is 5.97 Å². The maximum Gasteiger partial charge on any atom is 0.349 e. The van der Waals surface area contributed by atoms with Gasteiger partial charge < -0.3 is 24.4 Å². The van der Waals surface area contributed by atoms with Crippen molar-refractivity contribution >= 4 is 35.1 Å². The van der Waals surface area contributed by atoms with Crippen LogP contribution in [-0.4, -0.2) is 45.0 Å². The number of furan rings is 1. The molecule has 1 aromatic carbocycles. The number of hydrogen-bond donors (Lipinski definition) is 2. The van der Waals surface area contributed by atoms with Gasteiger partial charge in [-0.15, -0.1) is 0 Å². The van der Waals surface area contributed by atoms with Crippen molar-refractivity contribution in [1.29, 1.82) is 0 Å². The second-order valence-corrected chi connectivity index (χ2v) is 11.0. The molecule has 0 unspecified atom stereocenters. The predicted molar refractivity (Wildman–Crippen MR) is 156 cm³/mol. The number of hydrogen-bond acceptors (Lipinski definition) is 9. The molecule has 10 nitrogen and oxygen atoms in total. The van der Waals surface area contributed by atoms with Crippen molar-refractivity contribution in [2.24, 2.45) is 0 Å². The number of nitrogens with one attached hydrogen (secondary N) is 2. The van der Waals surface area contributed by atoms with Gasteiger partial charge in [-0.25, -0.2) is 19.7 Å². The zero-order valence-electron chi connectivity index (χ0n) is 24.0. The van der Waals surface area contributed by atoms with E-state index in [9.17, 15) is 4.79 Å². The lowest BCUT2D eigenvalue weighted by atomic mass is 9.93. The Morgan fingerprint density at radius 1 is 1.12 bits per heavy atom. The van der Waals surface area contributed by atoms with Crippen LogP contribution in [0.3, 0.4) is 0 Å². The van der Waals surface area contributed by atoms with Crippen LogP contribution in [0.4, 0.5) is 29.2 Å². The lowest BCUT2D eigenvalue weighted by Gasteiger charge is -2.24. The number of anilines is 5. The van der Waals surface area contributed by atoms with E-state index in [0.717, 1.165) is 35.7 Å². The number of aromatic amines is 1. The van der Waals surface area contributed by atoms with E-state index in [4.69, 9.17) is 9.15 Å². The molecule has 0 aliphatic heterocycles. The van der Waals surface area contributed by atoms with Gasteiger partial charge in [0.15, 0.2) is 0 Å². The van der Waals surface area contributed by atoms with E-state index in [-0.39, 0.29) is 5.41 Å². The molecule has 3 aromatic heterocycles. The first-order valence-electron chi connectivity index (χ1n) is 13.8. The number of carbonyl (C=O) groups is 1. The molecule has 3 heterocycles. The molecular formula is C30H37N7O3. The molecule has 40 heavy (non-hydrogen) atoms. The fourth-order valence-corrected chi connectivity index (χ4v) is 4.41. The van der Waals surface area contributed by atoms with Gasteiger partial charge in [0.05, 0.1) is 5.69 Å². The highest BCUT2D eigenvalue weighted by Crippen LogP contribution is 2.38. The number of aryl methyl sites for hydroxylation is 1. The van der Waals surface area contributed by atoms with Crippen molar-refractivity contribution < 1.29 is 13.9 Å². The summed E-state index contributed by atoms with van der Waals surface area (Å²) >= 11 is 0. The number of rotatable bonds is 10. The van der Waals surface area contributed by atoms with Crippen LogP contribution in [-0.2, 0) is 5.41 Å². The third-order valence-electron chi connectivity index (χ3n) is 6.86. The number of carbonyl (C=O) groups excluding carboxylic acids is 1. The Hall–Kier alpha value is -4.34. The molecule has 1 saturated carbocycles. The molecule has 0 amide bonds. The van der Waals surface area contributed by atoms with Crippen molar-refractivity contribution in [3.05, 3.63) is 65.9 Å². The van der Waals surface area contributed by atoms with Crippen molar-refractivity contribution in [1.82, 2.24) is 19.9 Å². The Morgan fingerprint density at radius 2 is 1.90 bits per heavy atom. The summed E-state index contributed by atoms with van der Waals surface area (Å²) in [5, 5.41) is 3.42. The van der Waals surface area contributed by atoms with Gasteiger partial charge in [0.2, 0.25) is 11.8 Å². The van der Waals surface area contributed by atoms with Crippen LogP contribution >= 0.6 is 0 Å². The molecule has 10 heteroatoms.